The van der Waals surface area contributed by atoms with Crippen molar-refractivity contribution >= 4 is 41.9 Å². The molecule has 0 spiro atoms. The highest BCUT2D eigenvalue weighted by molar-refractivity contribution is 9.11. The average molecular weight is 504 g/mol. The third-order valence-corrected chi connectivity index (χ3v) is 7.92. The quantitative estimate of drug-likeness (QED) is 0.416. The highest BCUT2D eigenvalue weighted by Crippen LogP contribution is 2.32. The summed E-state index contributed by atoms with van der Waals surface area (Å²) in [5.41, 5.74) is 0. The number of hydrogen-bond acceptors (Lipinski definition) is 5. The summed E-state index contributed by atoms with van der Waals surface area (Å²) in [6.07, 6.45) is 4.40. The molecule has 0 aliphatic carbocycles. The lowest BCUT2D eigenvalue weighted by Gasteiger charge is -2.28. The van der Waals surface area contributed by atoms with Gasteiger partial charge in [0.25, 0.3) is 0 Å². The predicted octanol–water partition coefficient (Wildman–Crippen LogP) is 3.84. The van der Waals surface area contributed by atoms with E-state index in [9.17, 15) is 13.7 Å². The van der Waals surface area contributed by atoms with Crippen molar-refractivity contribution < 1.29 is 8.42 Å². The molecule has 2 atom stereocenters. The summed E-state index contributed by atoms with van der Waals surface area (Å²) in [7, 11) is -3.74. The number of rotatable bonds is 7. The zero-order valence-corrected chi connectivity index (χ0v) is 18.4. The molecular formula is C17H20Br2N4O2S. The van der Waals surface area contributed by atoms with E-state index >= 15 is 0 Å². The number of benzene rings is 1. The number of hydrogen-bond donors (Lipinski definition) is 0. The Balaban J connectivity index is 2.35. The van der Waals surface area contributed by atoms with Gasteiger partial charge in [-0.25, -0.2) is 8.42 Å². The van der Waals surface area contributed by atoms with Gasteiger partial charge in [0.05, 0.1) is 11.0 Å². The van der Waals surface area contributed by atoms with Crippen LogP contribution in [-0.2, 0) is 10.0 Å². The molecule has 2 rings (SSSR count). The standard InChI is InChI=1S/C17H20Br2N4O2S/c1-13-9-15(11-22(13)12-21)23(8-4-2-3-7-20)26(24,25)17-10-14(18)5-6-16(17)19/h5-6,10,13,15H,2-4,8-9,11H2,1H3/t13-,15+/m0/s1. The highest BCUT2D eigenvalue weighted by atomic mass is 79.9. The molecule has 1 aromatic carbocycles. The molecule has 1 aliphatic heterocycles. The summed E-state index contributed by atoms with van der Waals surface area (Å²) in [6.45, 7) is 2.65. The van der Waals surface area contributed by atoms with Crippen LogP contribution in [-0.4, -0.2) is 42.8 Å². The van der Waals surface area contributed by atoms with Crippen LogP contribution in [0.25, 0.3) is 0 Å². The number of unbranched alkanes of at least 4 members (excludes halogenated alkanes) is 2. The van der Waals surface area contributed by atoms with Crippen LogP contribution in [0.4, 0.5) is 0 Å². The molecule has 1 heterocycles. The van der Waals surface area contributed by atoms with Crippen LogP contribution >= 0.6 is 31.9 Å². The fraction of sp³-hybridized carbons (Fsp3) is 0.529. The molecule has 1 saturated heterocycles. The van der Waals surface area contributed by atoms with Crippen LogP contribution in [0.3, 0.4) is 0 Å². The Hall–Kier alpha value is -1.13. The van der Waals surface area contributed by atoms with Crippen molar-refractivity contribution in [2.75, 3.05) is 13.1 Å². The Morgan fingerprint density at radius 3 is 2.65 bits per heavy atom. The summed E-state index contributed by atoms with van der Waals surface area (Å²) < 4.78 is 29.4. The molecular weight excluding hydrogens is 484 g/mol. The van der Waals surface area contributed by atoms with Crippen LogP contribution in [0.15, 0.2) is 32.0 Å². The number of sulfonamides is 1. The molecule has 140 valence electrons. The van der Waals surface area contributed by atoms with Gasteiger partial charge < -0.3 is 4.90 Å². The Kier molecular flexibility index (Phi) is 7.48. The third-order valence-electron chi connectivity index (χ3n) is 4.49. The molecule has 6 nitrogen and oxygen atoms in total. The van der Waals surface area contributed by atoms with Gasteiger partial charge >= 0.3 is 0 Å². The van der Waals surface area contributed by atoms with Gasteiger partial charge in [-0.3, -0.25) is 0 Å². The van der Waals surface area contributed by atoms with Crippen LogP contribution in [0, 0.1) is 22.8 Å². The maximum atomic E-state index is 13.4. The molecule has 0 radical (unpaired) electrons. The molecule has 0 amide bonds. The molecule has 1 aliphatic rings. The molecule has 9 heteroatoms. The van der Waals surface area contributed by atoms with Crippen LogP contribution < -0.4 is 0 Å². The Bertz CT molecular complexity index is 832. The van der Waals surface area contributed by atoms with Crippen LogP contribution in [0.5, 0.6) is 0 Å². The van der Waals surface area contributed by atoms with Gasteiger partial charge in [0.2, 0.25) is 10.0 Å². The normalized spacial score (nSPS) is 20.2. The van der Waals surface area contributed by atoms with Crippen LogP contribution in [0.2, 0.25) is 0 Å². The van der Waals surface area contributed by atoms with Gasteiger partial charge in [-0.1, -0.05) is 15.9 Å². The summed E-state index contributed by atoms with van der Waals surface area (Å²) in [5, 5.41) is 18.0. The lowest BCUT2D eigenvalue weighted by atomic mass is 10.2. The van der Waals surface area contributed by atoms with Gasteiger partial charge in [0.1, 0.15) is 0 Å². The van der Waals surface area contributed by atoms with E-state index < -0.39 is 10.0 Å². The van der Waals surface area contributed by atoms with E-state index in [0.717, 1.165) is 0 Å². The van der Waals surface area contributed by atoms with Gasteiger partial charge in [-0.2, -0.15) is 14.8 Å². The smallest absolute Gasteiger partial charge is 0.244 e. The van der Waals surface area contributed by atoms with Crippen molar-refractivity contribution in [1.82, 2.24) is 9.21 Å². The number of nitrogens with zero attached hydrogens (tertiary/aromatic N) is 4. The minimum Gasteiger partial charge on any atom is -0.306 e. The fourth-order valence-corrected chi connectivity index (χ4v) is 6.25. The summed E-state index contributed by atoms with van der Waals surface area (Å²) >= 11 is 6.67. The third kappa shape index (κ3) is 4.77. The minimum atomic E-state index is -3.74. The zero-order valence-electron chi connectivity index (χ0n) is 14.4. The molecule has 26 heavy (non-hydrogen) atoms. The second kappa shape index (κ2) is 9.18. The molecule has 0 N–H and O–H groups in total. The van der Waals surface area contributed by atoms with Crippen molar-refractivity contribution in [3.8, 4) is 12.3 Å². The summed E-state index contributed by atoms with van der Waals surface area (Å²) in [6, 6.07) is 6.89. The second-order valence-electron chi connectivity index (χ2n) is 6.30. The zero-order chi connectivity index (χ0) is 19.3. The number of nitriles is 2. The van der Waals surface area contributed by atoms with Gasteiger partial charge in [-0.15, -0.1) is 0 Å². The van der Waals surface area contributed by atoms with Crippen molar-refractivity contribution in [3.05, 3.63) is 27.1 Å². The van der Waals surface area contributed by atoms with E-state index in [1.54, 1.807) is 23.1 Å². The Labute approximate surface area is 171 Å². The van der Waals surface area contributed by atoms with Crippen LogP contribution in [0.1, 0.15) is 32.6 Å². The highest BCUT2D eigenvalue weighted by Gasteiger charge is 2.39. The first-order chi connectivity index (χ1) is 12.3. The predicted molar refractivity (Wildman–Crippen MR) is 105 cm³/mol. The maximum Gasteiger partial charge on any atom is 0.244 e. The lowest BCUT2D eigenvalue weighted by molar-refractivity contribution is 0.313. The largest absolute Gasteiger partial charge is 0.306 e. The van der Waals surface area contributed by atoms with E-state index in [4.69, 9.17) is 5.26 Å². The SMILES string of the molecule is C[C@H]1C[C@@H](N(CCCCC#N)S(=O)(=O)c2cc(Br)ccc2Br)CN1C#N. The lowest BCUT2D eigenvalue weighted by Crippen LogP contribution is -2.42. The summed E-state index contributed by atoms with van der Waals surface area (Å²) in [5.74, 6) is 0. The monoisotopic (exact) mass is 502 g/mol. The topological polar surface area (TPSA) is 88.2 Å². The van der Waals surface area contributed by atoms with E-state index in [-0.39, 0.29) is 17.0 Å². The van der Waals surface area contributed by atoms with E-state index in [2.05, 4.69) is 44.1 Å². The van der Waals surface area contributed by atoms with Gasteiger partial charge in [-0.05, 0) is 60.3 Å². The van der Waals surface area contributed by atoms with E-state index in [0.29, 0.717) is 47.7 Å². The van der Waals surface area contributed by atoms with Gasteiger partial charge in [0, 0.05) is 40.5 Å². The van der Waals surface area contributed by atoms with Crippen molar-refractivity contribution in [2.24, 2.45) is 0 Å². The number of halogens is 2. The van der Waals surface area contributed by atoms with Gasteiger partial charge in [0.15, 0.2) is 6.19 Å². The fourth-order valence-electron chi connectivity index (χ4n) is 3.12. The minimum absolute atomic E-state index is 0.00718. The van der Waals surface area contributed by atoms with E-state index in [1.807, 2.05) is 6.92 Å². The molecule has 0 aromatic heterocycles. The van der Waals surface area contributed by atoms with Crippen molar-refractivity contribution in [2.45, 2.75) is 49.6 Å². The second-order valence-corrected chi connectivity index (χ2v) is 9.93. The Morgan fingerprint density at radius 1 is 1.31 bits per heavy atom. The first-order valence-corrected chi connectivity index (χ1v) is 11.3. The van der Waals surface area contributed by atoms with Crippen molar-refractivity contribution in [3.63, 3.8) is 0 Å². The van der Waals surface area contributed by atoms with Crippen molar-refractivity contribution in [1.29, 1.82) is 10.5 Å². The first kappa shape index (κ1) is 21.2. The molecule has 1 fully saturated rings. The van der Waals surface area contributed by atoms with E-state index in [1.165, 1.54) is 4.31 Å². The number of likely N-dealkylation sites (tertiary alicyclic amines) is 1. The molecule has 0 unspecified atom stereocenters. The Morgan fingerprint density at radius 2 is 2.04 bits per heavy atom. The molecule has 0 saturated carbocycles. The molecule has 1 aromatic rings. The summed E-state index contributed by atoms with van der Waals surface area (Å²) in [4.78, 5) is 1.83. The molecule has 0 bridgehead atoms. The first-order valence-electron chi connectivity index (χ1n) is 8.31. The maximum absolute atomic E-state index is 13.4. The average Bonchev–Trinajstić information content (AvgIpc) is 2.97.